The minimum Gasteiger partial charge on any atom is -0.350 e. The summed E-state index contributed by atoms with van der Waals surface area (Å²) in [5, 5.41) is 11.9. The van der Waals surface area contributed by atoms with Gasteiger partial charge in [0, 0.05) is 6.54 Å². The van der Waals surface area contributed by atoms with Crippen molar-refractivity contribution in [1.29, 1.82) is 5.26 Å². The van der Waals surface area contributed by atoms with Gasteiger partial charge in [-0.3, -0.25) is 0 Å². The lowest BCUT2D eigenvalue weighted by molar-refractivity contribution is 1.05. The summed E-state index contributed by atoms with van der Waals surface area (Å²) >= 11 is 11.7. The average molecular weight is 293 g/mol. The lowest BCUT2D eigenvalue weighted by Gasteiger charge is -2.06. The van der Waals surface area contributed by atoms with Crippen molar-refractivity contribution in [1.82, 2.24) is 9.97 Å². The maximum Gasteiger partial charge on any atom is 0.225 e. The molecule has 96 valence electrons. The number of aryl methyl sites for hydroxylation is 1. The van der Waals surface area contributed by atoms with E-state index in [1.165, 1.54) is 5.56 Å². The number of aromatic nitrogens is 2. The molecule has 0 aliphatic rings. The number of benzene rings is 1. The van der Waals surface area contributed by atoms with Crippen molar-refractivity contribution in [3.05, 3.63) is 51.3 Å². The molecule has 1 heterocycles. The van der Waals surface area contributed by atoms with Crippen molar-refractivity contribution < 1.29 is 0 Å². The summed E-state index contributed by atoms with van der Waals surface area (Å²) in [4.78, 5) is 7.95. The third-order valence-electron chi connectivity index (χ3n) is 2.50. The van der Waals surface area contributed by atoms with Crippen LogP contribution in [-0.2, 0) is 6.54 Å². The van der Waals surface area contributed by atoms with Gasteiger partial charge in [0.1, 0.15) is 11.6 Å². The zero-order chi connectivity index (χ0) is 13.8. The molecule has 0 aliphatic heterocycles. The molecule has 4 nitrogen and oxygen atoms in total. The van der Waals surface area contributed by atoms with Gasteiger partial charge >= 0.3 is 0 Å². The Kier molecular flexibility index (Phi) is 4.20. The summed E-state index contributed by atoms with van der Waals surface area (Å²) in [6.45, 7) is 2.58. The average Bonchev–Trinajstić information content (AvgIpc) is 2.38. The second kappa shape index (κ2) is 5.87. The smallest absolute Gasteiger partial charge is 0.225 e. The van der Waals surface area contributed by atoms with E-state index in [0.717, 1.165) is 5.56 Å². The zero-order valence-corrected chi connectivity index (χ0v) is 11.6. The summed E-state index contributed by atoms with van der Waals surface area (Å²) in [6.07, 6.45) is 0. The van der Waals surface area contributed by atoms with E-state index in [1.807, 2.05) is 37.3 Å². The van der Waals surface area contributed by atoms with Crippen LogP contribution >= 0.6 is 23.2 Å². The third kappa shape index (κ3) is 3.34. The van der Waals surface area contributed by atoms with Crippen molar-refractivity contribution in [2.24, 2.45) is 0 Å². The number of rotatable bonds is 3. The predicted molar refractivity (Wildman–Crippen MR) is 75.3 cm³/mol. The van der Waals surface area contributed by atoms with Crippen LogP contribution in [0.15, 0.2) is 24.3 Å². The number of halogens is 2. The highest BCUT2D eigenvalue weighted by Gasteiger charge is 2.10. The van der Waals surface area contributed by atoms with Crippen molar-refractivity contribution in [2.75, 3.05) is 5.32 Å². The van der Waals surface area contributed by atoms with Gasteiger partial charge in [0.05, 0.1) is 0 Å². The van der Waals surface area contributed by atoms with E-state index in [-0.39, 0.29) is 15.9 Å². The van der Waals surface area contributed by atoms with Crippen LogP contribution in [0.5, 0.6) is 0 Å². The molecule has 6 heteroatoms. The highest BCUT2D eigenvalue weighted by Crippen LogP contribution is 2.21. The number of nitriles is 1. The van der Waals surface area contributed by atoms with Gasteiger partial charge in [0.25, 0.3) is 0 Å². The van der Waals surface area contributed by atoms with E-state index < -0.39 is 0 Å². The molecule has 0 atom stereocenters. The maximum atomic E-state index is 8.80. The molecular formula is C13H10Cl2N4. The second-order valence-corrected chi connectivity index (χ2v) is 4.67. The Morgan fingerprint density at radius 2 is 1.74 bits per heavy atom. The largest absolute Gasteiger partial charge is 0.350 e. The minimum atomic E-state index is 0.0499. The molecule has 19 heavy (non-hydrogen) atoms. The van der Waals surface area contributed by atoms with E-state index in [4.69, 9.17) is 28.5 Å². The van der Waals surface area contributed by atoms with Gasteiger partial charge in [0.2, 0.25) is 5.95 Å². The van der Waals surface area contributed by atoms with Crippen LogP contribution in [0, 0.1) is 18.3 Å². The summed E-state index contributed by atoms with van der Waals surface area (Å²) in [5.74, 6) is 0.301. The fourth-order valence-electron chi connectivity index (χ4n) is 1.47. The van der Waals surface area contributed by atoms with E-state index in [1.54, 1.807) is 0 Å². The molecule has 0 saturated heterocycles. The van der Waals surface area contributed by atoms with Gasteiger partial charge in [-0.15, -0.1) is 0 Å². The van der Waals surface area contributed by atoms with Gasteiger partial charge in [-0.25, -0.2) is 0 Å². The Balaban J connectivity index is 2.12. The van der Waals surface area contributed by atoms with Crippen LogP contribution in [0.4, 0.5) is 5.95 Å². The number of anilines is 1. The molecule has 0 spiro atoms. The van der Waals surface area contributed by atoms with Crippen molar-refractivity contribution in [3.8, 4) is 6.07 Å². The molecule has 0 aliphatic carbocycles. The van der Waals surface area contributed by atoms with Gasteiger partial charge in [0.15, 0.2) is 10.3 Å². The van der Waals surface area contributed by atoms with E-state index in [9.17, 15) is 0 Å². The van der Waals surface area contributed by atoms with E-state index >= 15 is 0 Å². The topological polar surface area (TPSA) is 61.6 Å². The quantitative estimate of drug-likeness (QED) is 0.879. The molecule has 2 aromatic rings. The molecule has 0 bridgehead atoms. The first-order valence-electron chi connectivity index (χ1n) is 5.52. The maximum absolute atomic E-state index is 8.80. The van der Waals surface area contributed by atoms with Gasteiger partial charge in [-0.2, -0.15) is 15.2 Å². The van der Waals surface area contributed by atoms with Gasteiger partial charge < -0.3 is 5.32 Å². The highest BCUT2D eigenvalue weighted by molar-refractivity contribution is 6.35. The molecule has 0 fully saturated rings. The molecule has 0 unspecified atom stereocenters. The first-order chi connectivity index (χ1) is 9.10. The molecule has 1 N–H and O–H groups in total. The van der Waals surface area contributed by atoms with E-state index in [2.05, 4.69) is 15.3 Å². The van der Waals surface area contributed by atoms with Crippen molar-refractivity contribution in [3.63, 3.8) is 0 Å². The normalized spacial score (nSPS) is 10.0. The number of hydrogen-bond donors (Lipinski definition) is 1. The molecule has 0 saturated carbocycles. The summed E-state index contributed by atoms with van der Waals surface area (Å²) in [6, 6.07) is 9.92. The fraction of sp³-hybridized carbons (Fsp3) is 0.154. The van der Waals surface area contributed by atoms with Crippen LogP contribution in [0.3, 0.4) is 0 Å². The second-order valence-electron chi connectivity index (χ2n) is 3.95. The van der Waals surface area contributed by atoms with Crippen LogP contribution in [0.25, 0.3) is 0 Å². The number of hydrogen-bond acceptors (Lipinski definition) is 4. The lowest BCUT2D eigenvalue weighted by Crippen LogP contribution is -2.05. The molecule has 1 aromatic carbocycles. The monoisotopic (exact) mass is 292 g/mol. The van der Waals surface area contributed by atoms with Gasteiger partial charge in [-0.1, -0.05) is 53.0 Å². The Hall–Kier alpha value is -1.83. The minimum absolute atomic E-state index is 0.0499. The predicted octanol–water partition coefficient (Wildman–Crippen LogP) is 3.58. The van der Waals surface area contributed by atoms with Crippen LogP contribution in [0.2, 0.25) is 10.3 Å². The first-order valence-corrected chi connectivity index (χ1v) is 6.28. The standard InChI is InChI=1S/C13H10Cl2N4/c1-8-2-4-9(5-3-8)7-17-13-18-11(14)10(6-16)12(15)19-13/h2-5H,7H2,1H3,(H,17,18,19). The third-order valence-corrected chi connectivity index (χ3v) is 3.05. The molecule has 0 radical (unpaired) electrons. The number of nitrogens with zero attached hydrogens (tertiary/aromatic N) is 3. The summed E-state index contributed by atoms with van der Waals surface area (Å²) in [7, 11) is 0. The van der Waals surface area contributed by atoms with Crippen molar-refractivity contribution in [2.45, 2.75) is 13.5 Å². The molecule has 2 rings (SSSR count). The van der Waals surface area contributed by atoms with Crippen LogP contribution < -0.4 is 5.32 Å². The first kappa shape index (κ1) is 13.6. The van der Waals surface area contributed by atoms with Crippen LogP contribution in [0.1, 0.15) is 16.7 Å². The fourth-order valence-corrected chi connectivity index (χ4v) is 1.94. The highest BCUT2D eigenvalue weighted by atomic mass is 35.5. The lowest BCUT2D eigenvalue weighted by atomic mass is 10.1. The molecule has 0 amide bonds. The molecular weight excluding hydrogens is 283 g/mol. The number of nitrogens with one attached hydrogen (secondary N) is 1. The Labute approximate surface area is 121 Å². The van der Waals surface area contributed by atoms with Crippen molar-refractivity contribution >= 4 is 29.2 Å². The summed E-state index contributed by atoms with van der Waals surface area (Å²) < 4.78 is 0. The van der Waals surface area contributed by atoms with E-state index in [0.29, 0.717) is 12.5 Å². The molecule has 1 aromatic heterocycles. The Morgan fingerprint density at radius 1 is 1.16 bits per heavy atom. The summed E-state index contributed by atoms with van der Waals surface area (Å²) in [5.41, 5.74) is 2.37. The van der Waals surface area contributed by atoms with Crippen LogP contribution in [-0.4, -0.2) is 9.97 Å². The zero-order valence-electron chi connectivity index (χ0n) is 10.1. The Morgan fingerprint density at radius 3 is 2.26 bits per heavy atom. The Bertz CT molecular complexity index is 609. The van der Waals surface area contributed by atoms with Gasteiger partial charge in [-0.05, 0) is 12.5 Å². The SMILES string of the molecule is Cc1ccc(CNc2nc(Cl)c(C#N)c(Cl)n2)cc1.